The molecule has 7 nitrogen and oxygen atoms in total. The van der Waals surface area contributed by atoms with Crippen molar-refractivity contribution >= 4 is 6.09 Å². The lowest BCUT2D eigenvalue weighted by atomic mass is 9.45. The van der Waals surface area contributed by atoms with Crippen LogP contribution in [0.1, 0.15) is 83.1 Å². The van der Waals surface area contributed by atoms with Crippen LogP contribution in [0.4, 0.5) is 4.79 Å². The number of hydrogen-bond acceptors (Lipinski definition) is 5. The molecule has 6 rings (SSSR count). The van der Waals surface area contributed by atoms with Crippen molar-refractivity contribution in [1.82, 2.24) is 9.80 Å². The van der Waals surface area contributed by atoms with Crippen LogP contribution in [0, 0.1) is 28.6 Å². The smallest absolute Gasteiger partial charge is 0.407 e. The molecule has 7 heteroatoms. The van der Waals surface area contributed by atoms with Crippen LogP contribution in [0.3, 0.4) is 0 Å². The first-order valence-corrected chi connectivity index (χ1v) is 15.0. The summed E-state index contributed by atoms with van der Waals surface area (Å²) in [6, 6.07) is 3.90. The Morgan fingerprint density at radius 3 is 2.74 bits per heavy atom. The van der Waals surface area contributed by atoms with E-state index in [9.17, 15) is 14.7 Å². The SMILES string of the molecule is C[C@]12CCC(N(CCN3CC[C@@H](N)C3)C(=O)O)C[C@H]1CC[C@H]1C3=CC[C@H](c4ccc(=O)oc4)[C@@]3(C)CC[C@@H]12. The average Bonchev–Trinajstić information content (AvgIpc) is 3.47. The molecule has 3 saturated carbocycles. The highest BCUT2D eigenvalue weighted by atomic mass is 16.4. The van der Waals surface area contributed by atoms with E-state index in [0.29, 0.717) is 30.2 Å². The maximum atomic E-state index is 12.3. The molecule has 0 aromatic carbocycles. The first-order valence-electron chi connectivity index (χ1n) is 15.0. The molecule has 1 unspecified atom stereocenters. The summed E-state index contributed by atoms with van der Waals surface area (Å²) >= 11 is 0. The minimum atomic E-state index is -0.761. The zero-order chi connectivity index (χ0) is 26.7. The second kappa shape index (κ2) is 9.81. The Balaban J connectivity index is 1.14. The molecule has 8 atom stereocenters. The van der Waals surface area contributed by atoms with Crippen LogP contribution in [-0.2, 0) is 0 Å². The lowest BCUT2D eigenvalue weighted by molar-refractivity contribution is -0.0707. The highest BCUT2D eigenvalue weighted by Crippen LogP contribution is 2.67. The van der Waals surface area contributed by atoms with Gasteiger partial charge in [0, 0.05) is 37.8 Å². The summed E-state index contributed by atoms with van der Waals surface area (Å²) in [7, 11) is 0. The number of nitrogens with two attached hydrogens (primary N) is 1. The van der Waals surface area contributed by atoms with Crippen LogP contribution >= 0.6 is 0 Å². The monoisotopic (exact) mass is 523 g/mol. The van der Waals surface area contributed by atoms with Gasteiger partial charge in [0.15, 0.2) is 0 Å². The van der Waals surface area contributed by atoms with Gasteiger partial charge in [-0.3, -0.25) is 4.90 Å². The van der Waals surface area contributed by atoms with Crippen LogP contribution in [-0.4, -0.2) is 59.3 Å². The molecule has 1 amide bonds. The van der Waals surface area contributed by atoms with Crippen molar-refractivity contribution in [2.75, 3.05) is 26.2 Å². The molecule has 38 heavy (non-hydrogen) atoms. The Labute approximate surface area is 226 Å². The summed E-state index contributed by atoms with van der Waals surface area (Å²) < 4.78 is 5.25. The minimum Gasteiger partial charge on any atom is -0.465 e. The molecular formula is C31H45N3O4. The standard InChI is InChI=1S/C31H45N3O4/c1-30-12-9-23(34(29(36)37)16-15-33-14-11-22(32)18-33)17-21(30)4-5-24-26-7-6-25(20-3-8-28(35)38-19-20)31(26,2)13-10-27(24)30/h3,7-8,19,21-25,27H,4-6,9-18,32H2,1-2H3,(H,36,37)/t21-,22-,23?,24+,25-,27+,30+,31-/m1/s1. The van der Waals surface area contributed by atoms with Crippen LogP contribution in [0.2, 0.25) is 0 Å². The van der Waals surface area contributed by atoms with Gasteiger partial charge in [-0.15, -0.1) is 0 Å². The van der Waals surface area contributed by atoms with E-state index in [1.807, 2.05) is 6.07 Å². The van der Waals surface area contributed by atoms with Crippen LogP contribution in [0.25, 0.3) is 0 Å². The molecule has 0 radical (unpaired) electrons. The van der Waals surface area contributed by atoms with Crippen LogP contribution < -0.4 is 11.4 Å². The third-order valence-corrected chi connectivity index (χ3v) is 11.8. The normalized spacial score (nSPS) is 40.7. The van der Waals surface area contributed by atoms with Crippen molar-refractivity contribution in [2.45, 2.75) is 89.6 Å². The van der Waals surface area contributed by atoms with E-state index in [1.54, 1.807) is 22.8 Å². The molecular weight excluding hydrogens is 478 g/mol. The fraction of sp³-hybridized carbons (Fsp3) is 0.742. The Kier molecular flexibility index (Phi) is 6.74. The van der Waals surface area contributed by atoms with Gasteiger partial charge in [-0.05, 0) is 110 Å². The van der Waals surface area contributed by atoms with Crippen molar-refractivity contribution in [3.05, 3.63) is 46.0 Å². The third-order valence-electron chi connectivity index (χ3n) is 11.8. The van der Waals surface area contributed by atoms with Crippen molar-refractivity contribution in [3.8, 4) is 0 Å². The molecule has 0 bridgehead atoms. The van der Waals surface area contributed by atoms with Gasteiger partial charge in [0.05, 0.1) is 6.26 Å². The van der Waals surface area contributed by atoms with Crippen LogP contribution in [0.15, 0.2) is 39.3 Å². The van der Waals surface area contributed by atoms with Gasteiger partial charge in [0.25, 0.3) is 0 Å². The first-order chi connectivity index (χ1) is 18.2. The van der Waals surface area contributed by atoms with Gasteiger partial charge in [-0.25, -0.2) is 9.59 Å². The molecule has 4 aliphatic carbocycles. The summed E-state index contributed by atoms with van der Waals surface area (Å²) in [6.07, 6.45) is 13.4. The van der Waals surface area contributed by atoms with E-state index in [1.165, 1.54) is 25.7 Å². The number of carbonyl (C=O) groups is 1. The second-order valence-corrected chi connectivity index (χ2v) is 13.5. The predicted octanol–water partition coefficient (Wildman–Crippen LogP) is 5.07. The number of rotatable bonds is 5. The molecule has 1 aliphatic heterocycles. The van der Waals surface area contributed by atoms with E-state index >= 15 is 0 Å². The Bertz CT molecular complexity index is 1130. The zero-order valence-corrected chi connectivity index (χ0v) is 23.1. The number of hydrogen-bond donors (Lipinski definition) is 2. The minimum absolute atomic E-state index is 0.134. The Morgan fingerprint density at radius 2 is 2.03 bits per heavy atom. The van der Waals surface area contributed by atoms with E-state index < -0.39 is 6.09 Å². The largest absolute Gasteiger partial charge is 0.465 e. The quantitative estimate of drug-likeness (QED) is 0.523. The molecule has 1 aromatic rings. The lowest BCUT2D eigenvalue weighted by Gasteiger charge is -2.60. The van der Waals surface area contributed by atoms with Crippen molar-refractivity contribution < 1.29 is 14.3 Å². The first kappa shape index (κ1) is 26.1. The fourth-order valence-corrected chi connectivity index (χ4v) is 9.67. The summed E-state index contributed by atoms with van der Waals surface area (Å²) in [4.78, 5) is 27.9. The Hall–Kier alpha value is -2.12. The number of allylic oxidation sites excluding steroid dienone is 2. The number of fused-ring (bicyclic) bond motifs is 5. The van der Waals surface area contributed by atoms with Gasteiger partial charge in [-0.2, -0.15) is 0 Å². The third kappa shape index (κ3) is 4.34. The van der Waals surface area contributed by atoms with Crippen molar-refractivity contribution in [1.29, 1.82) is 0 Å². The fourth-order valence-electron chi connectivity index (χ4n) is 9.67. The zero-order valence-electron chi connectivity index (χ0n) is 23.1. The number of nitrogens with zero attached hydrogens (tertiary/aromatic N) is 2. The van der Waals surface area contributed by atoms with Crippen LogP contribution in [0.5, 0.6) is 0 Å². The number of carboxylic acid groups (broad SMARTS) is 1. The number of likely N-dealkylation sites (tertiary alicyclic amines) is 1. The maximum Gasteiger partial charge on any atom is 0.407 e. The number of amides is 1. The molecule has 3 N–H and O–H groups in total. The molecule has 208 valence electrons. The average molecular weight is 524 g/mol. The topological polar surface area (TPSA) is 100 Å². The second-order valence-electron chi connectivity index (χ2n) is 13.5. The van der Waals surface area contributed by atoms with E-state index in [2.05, 4.69) is 24.8 Å². The highest BCUT2D eigenvalue weighted by molar-refractivity contribution is 5.65. The molecule has 2 heterocycles. The van der Waals surface area contributed by atoms with E-state index in [0.717, 1.165) is 57.3 Å². The molecule has 4 fully saturated rings. The van der Waals surface area contributed by atoms with Crippen molar-refractivity contribution in [3.63, 3.8) is 0 Å². The maximum absolute atomic E-state index is 12.3. The predicted molar refractivity (Wildman–Crippen MR) is 147 cm³/mol. The summed E-state index contributed by atoms with van der Waals surface area (Å²) in [5.74, 6) is 2.29. The molecule has 0 spiro atoms. The molecule has 1 aromatic heterocycles. The summed E-state index contributed by atoms with van der Waals surface area (Å²) in [5.41, 5.74) is 9.02. The molecule has 1 saturated heterocycles. The van der Waals surface area contributed by atoms with E-state index in [4.69, 9.17) is 10.2 Å². The van der Waals surface area contributed by atoms with Gasteiger partial charge in [0.2, 0.25) is 0 Å². The van der Waals surface area contributed by atoms with E-state index in [-0.39, 0.29) is 28.5 Å². The van der Waals surface area contributed by atoms with Gasteiger partial charge in [-0.1, -0.05) is 25.5 Å². The highest BCUT2D eigenvalue weighted by Gasteiger charge is 2.58. The van der Waals surface area contributed by atoms with Gasteiger partial charge < -0.3 is 20.2 Å². The van der Waals surface area contributed by atoms with Gasteiger partial charge in [0.1, 0.15) is 0 Å². The van der Waals surface area contributed by atoms with Gasteiger partial charge >= 0.3 is 11.7 Å². The Morgan fingerprint density at radius 1 is 1.18 bits per heavy atom. The summed E-state index contributed by atoms with van der Waals surface area (Å²) in [5, 5.41) is 10.1. The summed E-state index contributed by atoms with van der Waals surface area (Å²) in [6.45, 7) is 8.23. The van der Waals surface area contributed by atoms with Crippen molar-refractivity contribution in [2.24, 2.45) is 34.3 Å². The lowest BCUT2D eigenvalue weighted by Crippen LogP contribution is -2.55. The molecule has 5 aliphatic rings.